The molecule has 0 fully saturated rings. The summed E-state index contributed by atoms with van der Waals surface area (Å²) in [6.07, 6.45) is 5.53. The molecule has 7 heteroatoms. The average Bonchev–Trinajstić information content (AvgIpc) is 3.50. The van der Waals surface area contributed by atoms with E-state index in [0.29, 0.717) is 10.7 Å². The molecule has 2 aromatic carbocycles. The number of halogens is 1. The summed E-state index contributed by atoms with van der Waals surface area (Å²) >= 11 is 6.05. The predicted molar refractivity (Wildman–Crippen MR) is 130 cm³/mol. The van der Waals surface area contributed by atoms with Crippen molar-refractivity contribution in [2.75, 3.05) is 6.61 Å². The van der Waals surface area contributed by atoms with Crippen molar-refractivity contribution in [1.29, 1.82) is 0 Å². The lowest BCUT2D eigenvalue weighted by Crippen LogP contribution is -2.31. The second-order valence-corrected chi connectivity index (χ2v) is 8.19. The lowest BCUT2D eigenvalue weighted by Gasteiger charge is -2.16. The van der Waals surface area contributed by atoms with E-state index < -0.39 is 6.04 Å². The molecule has 5 aromatic rings. The summed E-state index contributed by atoms with van der Waals surface area (Å²) in [6.45, 7) is -0.240. The summed E-state index contributed by atoms with van der Waals surface area (Å²) in [4.78, 5) is 23.6. The lowest BCUT2D eigenvalue weighted by molar-refractivity contribution is 0.0912. The molecule has 0 spiro atoms. The van der Waals surface area contributed by atoms with Crippen LogP contribution in [0.15, 0.2) is 85.3 Å². The van der Waals surface area contributed by atoms with Crippen molar-refractivity contribution in [1.82, 2.24) is 20.3 Å². The molecule has 0 aliphatic rings. The molecule has 33 heavy (non-hydrogen) atoms. The number of carbonyl (C=O) groups excluding carboxylic acids is 1. The van der Waals surface area contributed by atoms with Crippen molar-refractivity contribution in [3.63, 3.8) is 0 Å². The molecule has 0 radical (unpaired) electrons. The van der Waals surface area contributed by atoms with Crippen LogP contribution >= 0.6 is 11.6 Å². The predicted octanol–water partition coefficient (Wildman–Crippen LogP) is 5.34. The Hall–Kier alpha value is -3.87. The number of nitrogens with one attached hydrogen (secondary N) is 3. The van der Waals surface area contributed by atoms with E-state index in [9.17, 15) is 9.90 Å². The molecule has 6 nitrogen and oxygen atoms in total. The molecule has 3 aromatic heterocycles. The minimum atomic E-state index is -0.561. The highest BCUT2D eigenvalue weighted by Gasteiger charge is 2.18. The van der Waals surface area contributed by atoms with Crippen molar-refractivity contribution < 1.29 is 9.90 Å². The van der Waals surface area contributed by atoms with Gasteiger partial charge in [0, 0.05) is 45.7 Å². The highest BCUT2D eigenvalue weighted by atomic mass is 35.5. The van der Waals surface area contributed by atoms with E-state index in [4.69, 9.17) is 11.6 Å². The maximum absolute atomic E-state index is 12.9. The number of hydrogen-bond donors (Lipinski definition) is 4. The van der Waals surface area contributed by atoms with Gasteiger partial charge in [-0.25, -0.2) is 4.98 Å². The number of aromatic amines is 2. The summed E-state index contributed by atoms with van der Waals surface area (Å²) in [7, 11) is 0. The Morgan fingerprint density at radius 2 is 1.82 bits per heavy atom. The number of aliphatic hydroxyl groups excluding tert-OH is 1. The smallest absolute Gasteiger partial charge is 0.268 e. The Morgan fingerprint density at radius 3 is 2.61 bits per heavy atom. The monoisotopic (exact) mass is 456 g/mol. The third-order valence-electron chi connectivity index (χ3n) is 5.62. The first-order valence-corrected chi connectivity index (χ1v) is 10.9. The average molecular weight is 457 g/mol. The minimum Gasteiger partial charge on any atom is -0.394 e. The van der Waals surface area contributed by atoms with Gasteiger partial charge in [0.15, 0.2) is 0 Å². The van der Waals surface area contributed by atoms with Crippen LogP contribution in [-0.2, 0) is 0 Å². The number of nitrogens with zero attached hydrogens (tertiary/aromatic N) is 1. The number of aromatic nitrogens is 3. The van der Waals surface area contributed by atoms with Gasteiger partial charge in [-0.15, -0.1) is 0 Å². The first kappa shape index (κ1) is 21.0. The van der Waals surface area contributed by atoms with Gasteiger partial charge in [-0.1, -0.05) is 54.1 Å². The molecule has 4 N–H and O–H groups in total. The largest absolute Gasteiger partial charge is 0.394 e. The number of carbonyl (C=O) groups is 1. The number of hydrogen-bond acceptors (Lipinski definition) is 3. The molecular formula is C26H21ClN4O2. The Morgan fingerprint density at radius 1 is 0.970 bits per heavy atom. The topological polar surface area (TPSA) is 93.8 Å². The van der Waals surface area contributed by atoms with Crippen molar-refractivity contribution in [3.8, 4) is 22.3 Å². The normalized spacial score (nSPS) is 12.1. The third-order valence-corrected chi connectivity index (χ3v) is 5.85. The van der Waals surface area contributed by atoms with Crippen LogP contribution < -0.4 is 5.32 Å². The standard InChI is InChI=1S/C26H21ClN4O2/c27-20-8-4-7-17(9-20)24(15-32)31-26(33)23-11-19(13-28-23)22-14-30-25-21(22)10-18(12-29-25)16-5-2-1-3-6-16/h1-14,24,28,32H,15H2,(H,29,30)(H,31,33)/t24-/m1/s1. The van der Waals surface area contributed by atoms with Crippen molar-refractivity contribution in [2.24, 2.45) is 0 Å². The Bertz CT molecular complexity index is 1420. The van der Waals surface area contributed by atoms with E-state index in [2.05, 4.69) is 26.3 Å². The zero-order valence-corrected chi connectivity index (χ0v) is 18.3. The molecule has 1 atom stereocenters. The third kappa shape index (κ3) is 4.26. The van der Waals surface area contributed by atoms with E-state index in [1.54, 1.807) is 30.5 Å². The van der Waals surface area contributed by atoms with Gasteiger partial charge < -0.3 is 20.4 Å². The molecule has 0 aliphatic heterocycles. The van der Waals surface area contributed by atoms with E-state index in [1.165, 1.54) is 0 Å². The van der Waals surface area contributed by atoms with Gasteiger partial charge in [-0.05, 0) is 35.4 Å². The fourth-order valence-corrected chi connectivity index (χ4v) is 4.10. The molecule has 1 amide bonds. The van der Waals surface area contributed by atoms with Gasteiger partial charge >= 0.3 is 0 Å². The van der Waals surface area contributed by atoms with Gasteiger partial charge in [-0.2, -0.15) is 0 Å². The molecule has 0 aliphatic carbocycles. The zero-order chi connectivity index (χ0) is 22.8. The van der Waals surface area contributed by atoms with Crippen LogP contribution in [0.2, 0.25) is 5.02 Å². The number of H-pyrrole nitrogens is 2. The molecule has 0 unspecified atom stereocenters. The summed E-state index contributed by atoms with van der Waals surface area (Å²) in [6, 6.07) is 20.5. The van der Waals surface area contributed by atoms with Gasteiger partial charge in [0.05, 0.1) is 12.6 Å². The van der Waals surface area contributed by atoms with E-state index >= 15 is 0 Å². The number of benzene rings is 2. The number of aliphatic hydroxyl groups is 1. The summed E-state index contributed by atoms with van der Waals surface area (Å²) < 4.78 is 0. The van der Waals surface area contributed by atoms with Crippen LogP contribution in [0.5, 0.6) is 0 Å². The molecular weight excluding hydrogens is 436 g/mol. The molecule has 0 saturated carbocycles. The minimum absolute atomic E-state index is 0.240. The fraction of sp³-hybridized carbons (Fsp3) is 0.0769. The molecule has 0 saturated heterocycles. The Balaban J connectivity index is 1.41. The number of amides is 1. The quantitative estimate of drug-likeness (QED) is 0.278. The number of fused-ring (bicyclic) bond motifs is 1. The zero-order valence-electron chi connectivity index (χ0n) is 17.5. The fourth-order valence-electron chi connectivity index (χ4n) is 3.91. The second-order valence-electron chi connectivity index (χ2n) is 7.75. The highest BCUT2D eigenvalue weighted by molar-refractivity contribution is 6.30. The van der Waals surface area contributed by atoms with Crippen LogP contribution in [0.1, 0.15) is 22.1 Å². The van der Waals surface area contributed by atoms with Crippen LogP contribution in [0.3, 0.4) is 0 Å². The van der Waals surface area contributed by atoms with Crippen molar-refractivity contribution in [3.05, 3.63) is 102 Å². The van der Waals surface area contributed by atoms with Gasteiger partial charge in [0.1, 0.15) is 11.3 Å². The highest BCUT2D eigenvalue weighted by Crippen LogP contribution is 2.31. The van der Waals surface area contributed by atoms with Gasteiger partial charge in [0.25, 0.3) is 5.91 Å². The van der Waals surface area contributed by atoms with Crippen molar-refractivity contribution >= 4 is 28.5 Å². The van der Waals surface area contributed by atoms with Crippen LogP contribution in [0.25, 0.3) is 33.3 Å². The van der Waals surface area contributed by atoms with Crippen LogP contribution in [-0.4, -0.2) is 32.6 Å². The SMILES string of the molecule is O=C(N[C@H](CO)c1cccc(Cl)c1)c1cc(-c2c[nH]c3ncc(-c4ccccc4)cc23)c[nH]1. The first-order valence-electron chi connectivity index (χ1n) is 10.5. The Labute approximate surface area is 195 Å². The summed E-state index contributed by atoms with van der Waals surface area (Å²) in [5.41, 5.74) is 5.82. The summed E-state index contributed by atoms with van der Waals surface area (Å²) in [5, 5.41) is 14.1. The van der Waals surface area contributed by atoms with Gasteiger partial charge in [0.2, 0.25) is 0 Å². The summed E-state index contributed by atoms with van der Waals surface area (Å²) in [5.74, 6) is -0.316. The Kier molecular flexibility index (Phi) is 5.69. The number of pyridine rings is 1. The van der Waals surface area contributed by atoms with E-state index in [0.717, 1.165) is 38.9 Å². The molecule has 3 heterocycles. The lowest BCUT2D eigenvalue weighted by atomic mass is 10.0. The molecule has 0 bridgehead atoms. The maximum Gasteiger partial charge on any atom is 0.268 e. The van der Waals surface area contributed by atoms with Crippen LogP contribution in [0.4, 0.5) is 0 Å². The maximum atomic E-state index is 12.9. The van der Waals surface area contributed by atoms with Gasteiger partial charge in [-0.3, -0.25) is 4.79 Å². The van der Waals surface area contributed by atoms with E-state index in [1.807, 2.05) is 48.8 Å². The van der Waals surface area contributed by atoms with E-state index in [-0.39, 0.29) is 12.5 Å². The molecule has 5 rings (SSSR count). The second kappa shape index (κ2) is 8.94. The first-order chi connectivity index (χ1) is 16.1. The number of rotatable bonds is 6. The van der Waals surface area contributed by atoms with Crippen molar-refractivity contribution in [2.45, 2.75) is 6.04 Å². The molecule has 164 valence electrons. The van der Waals surface area contributed by atoms with Crippen LogP contribution in [0, 0.1) is 0 Å².